The molecule has 1 aromatic carbocycles. The average Bonchev–Trinajstić information content (AvgIpc) is 2.81. The van der Waals surface area contributed by atoms with Gasteiger partial charge in [-0.2, -0.15) is 0 Å². The average molecular weight is 202 g/mol. The van der Waals surface area contributed by atoms with Gasteiger partial charge in [0.05, 0.1) is 19.1 Å². The van der Waals surface area contributed by atoms with Crippen LogP contribution in [0.3, 0.4) is 0 Å². The molecule has 0 bridgehead atoms. The number of hydrogen-bond donors (Lipinski definition) is 0. The highest BCUT2D eigenvalue weighted by atomic mass is 16.5. The monoisotopic (exact) mass is 202 g/mol. The molecule has 0 aliphatic heterocycles. The van der Waals surface area contributed by atoms with E-state index in [9.17, 15) is 0 Å². The highest BCUT2D eigenvalue weighted by Crippen LogP contribution is 2.24. The summed E-state index contributed by atoms with van der Waals surface area (Å²) < 4.78 is 7.31. The van der Waals surface area contributed by atoms with E-state index in [4.69, 9.17) is 4.74 Å². The fourth-order valence-corrected chi connectivity index (χ4v) is 1.56. The molecule has 2 rings (SSSR count). The molecule has 0 aliphatic carbocycles. The molecule has 0 atom stereocenters. The maximum Gasteiger partial charge on any atom is 0.143 e. The van der Waals surface area contributed by atoms with Gasteiger partial charge in [0, 0.05) is 12.4 Å². The third-order valence-electron chi connectivity index (χ3n) is 2.43. The van der Waals surface area contributed by atoms with Crippen molar-refractivity contribution in [3.05, 3.63) is 42.5 Å². The Bertz CT molecular complexity index is 435. The Balaban J connectivity index is 2.48. The summed E-state index contributed by atoms with van der Waals surface area (Å²) in [4.78, 5) is 4.02. The van der Waals surface area contributed by atoms with Crippen molar-refractivity contribution in [2.24, 2.45) is 0 Å². The lowest BCUT2D eigenvalue weighted by molar-refractivity contribution is 0.412. The van der Waals surface area contributed by atoms with Crippen LogP contribution >= 0.6 is 0 Å². The lowest BCUT2D eigenvalue weighted by atomic mass is 10.1. The first kappa shape index (κ1) is 9.77. The van der Waals surface area contributed by atoms with Gasteiger partial charge >= 0.3 is 0 Å². The van der Waals surface area contributed by atoms with Gasteiger partial charge < -0.3 is 9.30 Å². The Kier molecular flexibility index (Phi) is 2.72. The van der Waals surface area contributed by atoms with Crippen molar-refractivity contribution >= 4 is 0 Å². The Morgan fingerprint density at radius 3 is 2.87 bits per heavy atom. The van der Waals surface area contributed by atoms with E-state index in [2.05, 4.69) is 30.1 Å². The van der Waals surface area contributed by atoms with Crippen molar-refractivity contribution in [1.82, 2.24) is 9.55 Å². The SMILES string of the molecule is CCc1ccc(-n2ccnc2)c(OC)c1. The zero-order valence-electron chi connectivity index (χ0n) is 8.97. The highest BCUT2D eigenvalue weighted by Gasteiger charge is 2.04. The third kappa shape index (κ3) is 1.86. The molecule has 0 fully saturated rings. The molecule has 1 heterocycles. The molecule has 0 amide bonds. The van der Waals surface area contributed by atoms with Crippen LogP contribution in [0.5, 0.6) is 5.75 Å². The van der Waals surface area contributed by atoms with Gasteiger partial charge in [-0.3, -0.25) is 0 Å². The molecular weight excluding hydrogens is 188 g/mol. The number of benzene rings is 1. The Morgan fingerprint density at radius 2 is 2.27 bits per heavy atom. The minimum absolute atomic E-state index is 0.882. The van der Waals surface area contributed by atoms with Crippen LogP contribution in [0.25, 0.3) is 5.69 Å². The number of methoxy groups -OCH3 is 1. The van der Waals surface area contributed by atoms with Gasteiger partial charge in [-0.1, -0.05) is 13.0 Å². The van der Waals surface area contributed by atoms with E-state index in [1.54, 1.807) is 19.6 Å². The zero-order chi connectivity index (χ0) is 10.7. The molecule has 3 nitrogen and oxygen atoms in total. The number of imidazole rings is 1. The van der Waals surface area contributed by atoms with Crippen LogP contribution in [0.15, 0.2) is 36.9 Å². The predicted molar refractivity (Wildman–Crippen MR) is 59.5 cm³/mol. The van der Waals surface area contributed by atoms with Crippen molar-refractivity contribution in [2.75, 3.05) is 7.11 Å². The number of aromatic nitrogens is 2. The molecular formula is C12H14N2O. The smallest absolute Gasteiger partial charge is 0.143 e. The number of nitrogens with zero attached hydrogens (tertiary/aromatic N) is 2. The van der Waals surface area contributed by atoms with Crippen LogP contribution in [0, 0.1) is 0 Å². The molecule has 1 aromatic heterocycles. The predicted octanol–water partition coefficient (Wildman–Crippen LogP) is 2.44. The standard InChI is InChI=1S/C12H14N2O/c1-3-10-4-5-11(12(8-10)15-2)14-7-6-13-9-14/h4-9H,3H2,1-2H3. The maximum absolute atomic E-state index is 5.36. The topological polar surface area (TPSA) is 27.1 Å². The zero-order valence-corrected chi connectivity index (χ0v) is 8.97. The van der Waals surface area contributed by atoms with Crippen LogP contribution in [-0.4, -0.2) is 16.7 Å². The maximum atomic E-state index is 5.36. The largest absolute Gasteiger partial charge is 0.495 e. The highest BCUT2D eigenvalue weighted by molar-refractivity contribution is 5.48. The Labute approximate surface area is 89.3 Å². The number of rotatable bonds is 3. The molecule has 0 N–H and O–H groups in total. The van der Waals surface area contributed by atoms with Crippen LogP contribution in [-0.2, 0) is 6.42 Å². The first-order valence-corrected chi connectivity index (χ1v) is 5.00. The minimum atomic E-state index is 0.882. The molecule has 78 valence electrons. The Morgan fingerprint density at radius 1 is 1.40 bits per heavy atom. The van der Waals surface area contributed by atoms with Crippen molar-refractivity contribution in [3.63, 3.8) is 0 Å². The van der Waals surface area contributed by atoms with Gasteiger partial charge in [-0.15, -0.1) is 0 Å². The van der Waals surface area contributed by atoms with E-state index in [1.807, 2.05) is 10.8 Å². The summed E-state index contributed by atoms with van der Waals surface area (Å²) in [7, 11) is 1.69. The molecule has 0 radical (unpaired) electrons. The first-order valence-electron chi connectivity index (χ1n) is 5.00. The second-order valence-electron chi connectivity index (χ2n) is 3.33. The second kappa shape index (κ2) is 4.17. The number of hydrogen-bond acceptors (Lipinski definition) is 2. The molecule has 0 aliphatic rings. The van der Waals surface area contributed by atoms with Crippen molar-refractivity contribution < 1.29 is 4.74 Å². The van der Waals surface area contributed by atoms with Crippen LogP contribution in [0.2, 0.25) is 0 Å². The quantitative estimate of drug-likeness (QED) is 0.764. The van der Waals surface area contributed by atoms with Crippen molar-refractivity contribution in [2.45, 2.75) is 13.3 Å². The molecule has 0 saturated heterocycles. The summed E-state index contributed by atoms with van der Waals surface area (Å²) in [6.45, 7) is 2.13. The van der Waals surface area contributed by atoms with Gasteiger partial charge in [-0.05, 0) is 24.1 Å². The van der Waals surface area contributed by atoms with E-state index >= 15 is 0 Å². The van der Waals surface area contributed by atoms with E-state index < -0.39 is 0 Å². The minimum Gasteiger partial charge on any atom is -0.495 e. The number of ether oxygens (including phenoxy) is 1. The van der Waals surface area contributed by atoms with Crippen LogP contribution in [0.1, 0.15) is 12.5 Å². The van der Waals surface area contributed by atoms with E-state index in [1.165, 1.54) is 5.56 Å². The lowest BCUT2D eigenvalue weighted by Gasteiger charge is -2.10. The van der Waals surface area contributed by atoms with Crippen LogP contribution in [0.4, 0.5) is 0 Å². The lowest BCUT2D eigenvalue weighted by Crippen LogP contribution is -1.96. The Hall–Kier alpha value is -1.77. The molecule has 15 heavy (non-hydrogen) atoms. The van der Waals surface area contributed by atoms with Crippen molar-refractivity contribution in [1.29, 1.82) is 0 Å². The molecule has 0 unspecified atom stereocenters. The molecule has 2 aromatic rings. The molecule has 0 spiro atoms. The first-order chi connectivity index (χ1) is 7.35. The fourth-order valence-electron chi connectivity index (χ4n) is 1.56. The van der Waals surface area contributed by atoms with Gasteiger partial charge in [0.25, 0.3) is 0 Å². The summed E-state index contributed by atoms with van der Waals surface area (Å²) in [6.07, 6.45) is 6.45. The summed E-state index contributed by atoms with van der Waals surface area (Å²) in [5.41, 5.74) is 2.29. The van der Waals surface area contributed by atoms with Gasteiger partial charge in [0.1, 0.15) is 5.75 Å². The summed E-state index contributed by atoms with van der Waals surface area (Å²) in [6, 6.07) is 6.23. The van der Waals surface area contributed by atoms with E-state index in [0.717, 1.165) is 17.9 Å². The van der Waals surface area contributed by atoms with Gasteiger partial charge in [0.15, 0.2) is 0 Å². The number of aryl methyl sites for hydroxylation is 1. The fraction of sp³-hybridized carbons (Fsp3) is 0.250. The summed E-state index contributed by atoms with van der Waals surface area (Å²) >= 11 is 0. The molecule has 0 saturated carbocycles. The summed E-state index contributed by atoms with van der Waals surface area (Å²) in [5.74, 6) is 0.882. The van der Waals surface area contributed by atoms with E-state index in [0.29, 0.717) is 0 Å². The van der Waals surface area contributed by atoms with Gasteiger partial charge in [0.2, 0.25) is 0 Å². The normalized spacial score (nSPS) is 10.3. The molecule has 3 heteroatoms. The van der Waals surface area contributed by atoms with Crippen LogP contribution < -0.4 is 4.74 Å². The summed E-state index contributed by atoms with van der Waals surface area (Å²) in [5, 5.41) is 0. The second-order valence-corrected chi connectivity index (χ2v) is 3.33. The van der Waals surface area contributed by atoms with E-state index in [-0.39, 0.29) is 0 Å². The third-order valence-corrected chi connectivity index (χ3v) is 2.43. The van der Waals surface area contributed by atoms with Crippen molar-refractivity contribution in [3.8, 4) is 11.4 Å². The van der Waals surface area contributed by atoms with Gasteiger partial charge in [-0.25, -0.2) is 4.98 Å².